The summed E-state index contributed by atoms with van der Waals surface area (Å²) < 4.78 is 3.12. The number of hydrogen-bond donors (Lipinski definition) is 3. The highest BCUT2D eigenvalue weighted by Gasteiger charge is 2.28. The minimum absolute atomic E-state index is 0.0221. The summed E-state index contributed by atoms with van der Waals surface area (Å²) in [5, 5.41) is 24.7. The Morgan fingerprint density at radius 2 is 2.12 bits per heavy atom. The van der Waals surface area contributed by atoms with Crippen LogP contribution < -0.4 is 10.9 Å². The number of hydrogen-bond acceptors (Lipinski definition) is 7. The van der Waals surface area contributed by atoms with Crippen LogP contribution in [0.5, 0.6) is 0 Å². The predicted molar refractivity (Wildman–Crippen MR) is 114 cm³/mol. The summed E-state index contributed by atoms with van der Waals surface area (Å²) in [4.78, 5) is 47.2. The third-order valence-corrected chi connectivity index (χ3v) is 5.19. The van der Waals surface area contributed by atoms with Gasteiger partial charge in [-0.2, -0.15) is 5.10 Å². The predicted octanol–water partition coefficient (Wildman–Crippen LogP) is -0.523. The number of carboxylic acid groups (broad SMARTS) is 1. The van der Waals surface area contributed by atoms with E-state index in [1.165, 1.54) is 10.6 Å². The summed E-state index contributed by atoms with van der Waals surface area (Å²) in [5.74, 6) is 0.171. The molecule has 0 aliphatic carbocycles. The Balaban J connectivity index is 0.000000968. The Kier molecular flexibility index (Phi) is 7.33. The van der Waals surface area contributed by atoms with Gasteiger partial charge in [0.15, 0.2) is 11.5 Å². The number of aromatic nitrogens is 6. The second-order valence-corrected chi connectivity index (χ2v) is 7.36. The molecule has 33 heavy (non-hydrogen) atoms. The quantitative estimate of drug-likeness (QED) is 0.431. The molecule has 0 aromatic carbocycles. The summed E-state index contributed by atoms with van der Waals surface area (Å²) in [6.07, 6.45) is 3.67. The highest BCUT2D eigenvalue weighted by molar-refractivity contribution is 5.94. The first-order valence-corrected chi connectivity index (χ1v) is 10.1. The van der Waals surface area contributed by atoms with Crippen molar-refractivity contribution in [3.63, 3.8) is 0 Å². The lowest BCUT2D eigenvalue weighted by molar-refractivity contribution is -0.132. The summed E-state index contributed by atoms with van der Waals surface area (Å²) in [7, 11) is 1.81. The van der Waals surface area contributed by atoms with E-state index in [0.717, 1.165) is 11.3 Å². The van der Waals surface area contributed by atoms with Crippen molar-refractivity contribution in [2.24, 2.45) is 7.05 Å². The van der Waals surface area contributed by atoms with E-state index in [-0.39, 0.29) is 36.4 Å². The summed E-state index contributed by atoms with van der Waals surface area (Å²) >= 11 is 0. The summed E-state index contributed by atoms with van der Waals surface area (Å²) in [6, 6.07) is 4.44. The van der Waals surface area contributed by atoms with Gasteiger partial charge in [-0.15, -0.1) is 10.2 Å². The maximum Gasteiger partial charge on any atom is 0.290 e. The molecule has 3 aromatic rings. The fourth-order valence-electron chi connectivity index (χ4n) is 3.57. The molecule has 0 bridgehead atoms. The van der Waals surface area contributed by atoms with Crippen LogP contribution in [0.2, 0.25) is 0 Å². The van der Waals surface area contributed by atoms with Crippen LogP contribution in [0.4, 0.5) is 0 Å². The van der Waals surface area contributed by atoms with E-state index in [2.05, 4.69) is 25.7 Å². The SMILES string of the molecule is CC(NC(=O)c1n[nH]c2c1CCN(C(=O)Cn1ccccc1=O)C2)c1nncn1C.O=CO. The molecule has 0 spiro atoms. The van der Waals surface area contributed by atoms with Crippen molar-refractivity contribution in [3.8, 4) is 0 Å². The molecule has 1 unspecified atom stereocenters. The molecule has 1 aliphatic rings. The lowest BCUT2D eigenvalue weighted by atomic mass is 10.0. The van der Waals surface area contributed by atoms with Gasteiger partial charge in [-0.3, -0.25) is 24.3 Å². The molecule has 0 fully saturated rings. The van der Waals surface area contributed by atoms with Gasteiger partial charge in [-0.25, -0.2) is 0 Å². The largest absolute Gasteiger partial charge is 0.483 e. The van der Waals surface area contributed by atoms with E-state index in [9.17, 15) is 14.4 Å². The fraction of sp³-hybridized carbons (Fsp3) is 0.350. The topological polar surface area (TPSA) is 168 Å². The second-order valence-electron chi connectivity index (χ2n) is 7.36. The van der Waals surface area contributed by atoms with Crippen molar-refractivity contribution in [1.82, 2.24) is 39.7 Å². The van der Waals surface area contributed by atoms with Crippen LogP contribution in [-0.2, 0) is 36.1 Å². The molecule has 0 saturated carbocycles. The molecule has 3 N–H and O–H groups in total. The molecule has 2 amide bonds. The Morgan fingerprint density at radius 1 is 1.36 bits per heavy atom. The fourth-order valence-corrected chi connectivity index (χ4v) is 3.57. The molecular weight excluding hydrogens is 432 g/mol. The van der Waals surface area contributed by atoms with Gasteiger partial charge >= 0.3 is 0 Å². The second kappa shape index (κ2) is 10.3. The van der Waals surface area contributed by atoms with Crippen molar-refractivity contribution in [2.45, 2.75) is 32.5 Å². The van der Waals surface area contributed by atoms with Crippen LogP contribution in [-0.4, -0.2) is 64.4 Å². The van der Waals surface area contributed by atoms with Crippen LogP contribution in [0.15, 0.2) is 35.5 Å². The molecule has 174 valence electrons. The van der Waals surface area contributed by atoms with Gasteiger partial charge in [-0.1, -0.05) is 6.07 Å². The average molecular weight is 456 g/mol. The van der Waals surface area contributed by atoms with Crippen LogP contribution in [0.25, 0.3) is 0 Å². The Bertz CT molecular complexity index is 1200. The number of H-pyrrole nitrogens is 1. The van der Waals surface area contributed by atoms with Gasteiger partial charge in [0.05, 0.1) is 18.3 Å². The highest BCUT2D eigenvalue weighted by atomic mass is 16.3. The normalized spacial score (nSPS) is 13.3. The van der Waals surface area contributed by atoms with Crippen molar-refractivity contribution < 1.29 is 19.5 Å². The van der Waals surface area contributed by atoms with Gasteiger partial charge in [0.2, 0.25) is 5.91 Å². The number of aromatic amines is 1. The lowest BCUT2D eigenvalue weighted by Gasteiger charge is -2.27. The Morgan fingerprint density at radius 3 is 2.79 bits per heavy atom. The molecule has 4 rings (SSSR count). The van der Waals surface area contributed by atoms with Crippen LogP contribution in [0.3, 0.4) is 0 Å². The van der Waals surface area contributed by atoms with Gasteiger partial charge < -0.3 is 24.5 Å². The minimum atomic E-state index is -0.330. The van der Waals surface area contributed by atoms with Gasteiger partial charge in [0.25, 0.3) is 17.9 Å². The number of nitrogens with zero attached hydrogens (tertiary/aromatic N) is 6. The first-order valence-electron chi connectivity index (χ1n) is 10.1. The first-order chi connectivity index (χ1) is 15.8. The van der Waals surface area contributed by atoms with Crippen molar-refractivity contribution >= 4 is 18.3 Å². The monoisotopic (exact) mass is 456 g/mol. The molecule has 4 heterocycles. The first kappa shape index (κ1) is 23.4. The Labute approximate surface area is 188 Å². The van der Waals surface area contributed by atoms with Gasteiger partial charge in [-0.05, 0) is 19.4 Å². The van der Waals surface area contributed by atoms with E-state index in [0.29, 0.717) is 31.0 Å². The molecule has 13 nitrogen and oxygen atoms in total. The third kappa shape index (κ3) is 5.31. The van der Waals surface area contributed by atoms with Crippen LogP contribution >= 0.6 is 0 Å². The summed E-state index contributed by atoms with van der Waals surface area (Å²) in [5.41, 5.74) is 1.64. The average Bonchev–Trinajstić information content (AvgIpc) is 3.41. The van der Waals surface area contributed by atoms with Crippen LogP contribution in [0, 0.1) is 0 Å². The zero-order chi connectivity index (χ0) is 24.0. The maximum atomic E-state index is 12.7. The molecule has 1 aliphatic heterocycles. The lowest BCUT2D eigenvalue weighted by Crippen LogP contribution is -2.40. The van der Waals surface area contributed by atoms with E-state index in [1.54, 1.807) is 34.1 Å². The number of aryl methyl sites for hydroxylation is 1. The Hall–Kier alpha value is -4.29. The van der Waals surface area contributed by atoms with Crippen molar-refractivity contribution in [2.75, 3.05) is 6.54 Å². The van der Waals surface area contributed by atoms with E-state index in [1.807, 2.05) is 14.0 Å². The number of pyridine rings is 1. The number of amides is 2. The standard InChI is InChI=1S/C19H22N8O3.CH2O2/c1-12(18-24-20-11-25(18)2)21-19(30)17-13-6-8-27(9-14(13)22-23-17)16(29)10-26-7-4-3-5-15(26)28;2-1-3/h3-5,7,11-12H,6,8-10H2,1-2H3,(H,21,30)(H,22,23);1H,(H,2,3). The third-order valence-electron chi connectivity index (χ3n) is 5.19. The molecule has 13 heteroatoms. The minimum Gasteiger partial charge on any atom is -0.483 e. The zero-order valence-corrected chi connectivity index (χ0v) is 18.1. The zero-order valence-electron chi connectivity index (χ0n) is 18.1. The molecule has 0 saturated heterocycles. The van der Waals surface area contributed by atoms with Crippen LogP contribution in [0.1, 0.15) is 40.5 Å². The van der Waals surface area contributed by atoms with E-state index >= 15 is 0 Å². The molecule has 0 radical (unpaired) electrons. The highest BCUT2D eigenvalue weighted by Crippen LogP contribution is 2.21. The van der Waals surface area contributed by atoms with E-state index < -0.39 is 0 Å². The molecule has 1 atom stereocenters. The number of nitrogens with one attached hydrogen (secondary N) is 2. The van der Waals surface area contributed by atoms with Gasteiger partial charge in [0.1, 0.15) is 12.9 Å². The van der Waals surface area contributed by atoms with Crippen molar-refractivity contribution in [1.29, 1.82) is 0 Å². The summed E-state index contributed by atoms with van der Waals surface area (Å²) in [6.45, 7) is 2.32. The number of carbonyl (C=O) groups excluding carboxylic acids is 2. The van der Waals surface area contributed by atoms with E-state index in [4.69, 9.17) is 9.90 Å². The van der Waals surface area contributed by atoms with Crippen molar-refractivity contribution in [3.05, 3.63) is 63.9 Å². The number of carbonyl (C=O) groups is 3. The van der Waals surface area contributed by atoms with Gasteiger partial charge in [0, 0.05) is 31.4 Å². The number of fused-ring (bicyclic) bond motifs is 1. The molecule has 3 aromatic heterocycles. The number of rotatable bonds is 5. The smallest absolute Gasteiger partial charge is 0.290 e. The molecular formula is C20H24N8O5. The maximum absolute atomic E-state index is 12.7.